The Hall–Kier alpha value is -1.93. The van der Waals surface area contributed by atoms with Gasteiger partial charge in [0.1, 0.15) is 11.7 Å². The van der Waals surface area contributed by atoms with Gasteiger partial charge in [-0.3, -0.25) is 14.4 Å². The highest BCUT2D eigenvalue weighted by Crippen LogP contribution is 2.47. The number of hydrogen-bond acceptors (Lipinski definition) is 7. The van der Waals surface area contributed by atoms with Crippen LogP contribution in [0, 0.1) is 11.8 Å². The van der Waals surface area contributed by atoms with Crippen molar-refractivity contribution < 1.29 is 33.7 Å². The Morgan fingerprint density at radius 1 is 1.21 bits per heavy atom. The first-order valence-corrected chi connectivity index (χ1v) is 9.89. The average Bonchev–Trinajstić information content (AvgIpc) is 2.60. The molecule has 1 N–H and O–H groups in total. The summed E-state index contributed by atoms with van der Waals surface area (Å²) in [5, 5.41) is 10.9. The molecule has 2 rings (SSSR count). The lowest BCUT2D eigenvalue weighted by molar-refractivity contribution is -0.172. The second kappa shape index (κ2) is 9.05. The van der Waals surface area contributed by atoms with E-state index in [0.29, 0.717) is 15.8 Å². The molecule has 0 saturated heterocycles. The van der Waals surface area contributed by atoms with Crippen LogP contribution in [-0.4, -0.2) is 48.8 Å². The molecule has 7 nitrogen and oxygen atoms in total. The monoisotopic (exact) mass is 456 g/mol. The molecule has 1 aliphatic carbocycles. The maximum atomic E-state index is 12.8. The number of carbonyl (C=O) groups is 3. The van der Waals surface area contributed by atoms with E-state index in [1.807, 2.05) is 0 Å². The summed E-state index contributed by atoms with van der Waals surface area (Å²) in [6.45, 7) is 4.93. The molecule has 0 aromatic heterocycles. The van der Waals surface area contributed by atoms with Gasteiger partial charge in [-0.15, -0.1) is 0 Å². The topological polar surface area (TPSA) is 99.1 Å². The van der Waals surface area contributed by atoms with Crippen LogP contribution >= 0.6 is 15.9 Å². The molecule has 154 valence electrons. The fraction of sp³-hybridized carbons (Fsp3) is 0.550. The zero-order chi connectivity index (χ0) is 21.1. The molecule has 1 aromatic carbocycles. The number of Topliss-reactive ketones (excluding diaryl/α,β-unsaturated/α-hetero) is 1. The Morgan fingerprint density at radius 2 is 1.82 bits per heavy atom. The highest BCUT2D eigenvalue weighted by Gasteiger charge is 2.57. The van der Waals surface area contributed by atoms with E-state index >= 15 is 0 Å². The average molecular weight is 457 g/mol. The van der Waals surface area contributed by atoms with Gasteiger partial charge in [0, 0.05) is 12.3 Å². The Labute approximate surface area is 172 Å². The van der Waals surface area contributed by atoms with Crippen molar-refractivity contribution in [3.05, 3.63) is 28.2 Å². The molecular weight excluding hydrogens is 432 g/mol. The quantitative estimate of drug-likeness (QED) is 0.518. The predicted molar refractivity (Wildman–Crippen MR) is 104 cm³/mol. The standard InChI is InChI=1S/C20H25BrO7/c1-5-27-18(23)16-13(22)10-20(3,25)17(19(24)28-6-2)15(16)11-7-8-14(26-4)12(21)9-11/h7-9,15-17,25H,5-6,10H2,1-4H3/t15-,16+,17+,20-/m0/s1. The van der Waals surface area contributed by atoms with Gasteiger partial charge in [0.05, 0.1) is 36.3 Å². The molecule has 0 spiro atoms. The number of aliphatic hydroxyl groups is 1. The predicted octanol–water partition coefficient (Wildman–Crippen LogP) is 2.62. The normalized spacial score (nSPS) is 27.2. The van der Waals surface area contributed by atoms with Crippen LogP contribution in [0.5, 0.6) is 5.75 Å². The number of benzene rings is 1. The first-order valence-electron chi connectivity index (χ1n) is 9.09. The molecule has 0 radical (unpaired) electrons. The Balaban J connectivity index is 2.65. The zero-order valence-corrected chi connectivity index (χ0v) is 17.9. The van der Waals surface area contributed by atoms with Gasteiger partial charge in [-0.1, -0.05) is 6.07 Å². The summed E-state index contributed by atoms with van der Waals surface area (Å²) in [5.41, 5.74) is -1.14. The maximum Gasteiger partial charge on any atom is 0.317 e. The van der Waals surface area contributed by atoms with E-state index in [1.165, 1.54) is 14.0 Å². The molecular formula is C20H25BrO7. The van der Waals surface area contributed by atoms with Gasteiger partial charge in [-0.25, -0.2) is 0 Å². The third kappa shape index (κ3) is 4.38. The molecule has 8 heteroatoms. The number of ether oxygens (including phenoxy) is 3. The van der Waals surface area contributed by atoms with Crippen LogP contribution in [0.2, 0.25) is 0 Å². The molecule has 0 unspecified atom stereocenters. The number of carbonyl (C=O) groups excluding carboxylic acids is 3. The van der Waals surface area contributed by atoms with Crippen molar-refractivity contribution in [1.82, 2.24) is 0 Å². The van der Waals surface area contributed by atoms with Crippen LogP contribution in [0.3, 0.4) is 0 Å². The fourth-order valence-electron chi connectivity index (χ4n) is 3.77. The summed E-state index contributed by atoms with van der Waals surface area (Å²) >= 11 is 3.39. The molecule has 28 heavy (non-hydrogen) atoms. The minimum absolute atomic E-state index is 0.0993. The summed E-state index contributed by atoms with van der Waals surface area (Å²) in [7, 11) is 1.51. The van der Waals surface area contributed by atoms with Crippen molar-refractivity contribution in [2.75, 3.05) is 20.3 Å². The van der Waals surface area contributed by atoms with Crippen molar-refractivity contribution in [3.8, 4) is 5.75 Å². The van der Waals surface area contributed by atoms with Crippen LogP contribution in [0.1, 0.15) is 38.7 Å². The second-order valence-corrected chi connectivity index (χ2v) is 7.73. The Morgan fingerprint density at radius 3 is 2.36 bits per heavy atom. The van der Waals surface area contributed by atoms with Crippen LogP contribution in [0.15, 0.2) is 22.7 Å². The third-order valence-electron chi connectivity index (χ3n) is 4.91. The lowest BCUT2D eigenvalue weighted by Crippen LogP contribution is -2.55. The zero-order valence-electron chi connectivity index (χ0n) is 16.4. The Bertz CT molecular complexity index is 759. The van der Waals surface area contributed by atoms with E-state index in [2.05, 4.69) is 15.9 Å². The summed E-state index contributed by atoms with van der Waals surface area (Å²) in [6.07, 6.45) is -0.339. The van der Waals surface area contributed by atoms with E-state index in [9.17, 15) is 19.5 Å². The van der Waals surface area contributed by atoms with E-state index in [1.54, 1.807) is 32.0 Å². The number of esters is 2. The van der Waals surface area contributed by atoms with Gasteiger partial charge in [-0.2, -0.15) is 0 Å². The van der Waals surface area contributed by atoms with Crippen LogP contribution in [0.4, 0.5) is 0 Å². The largest absolute Gasteiger partial charge is 0.496 e. The summed E-state index contributed by atoms with van der Waals surface area (Å²) in [4.78, 5) is 38.2. The number of halogens is 1. The van der Waals surface area contributed by atoms with Gasteiger partial charge in [-0.05, 0) is 54.4 Å². The van der Waals surface area contributed by atoms with Gasteiger partial charge in [0.25, 0.3) is 0 Å². The summed E-state index contributed by atoms with van der Waals surface area (Å²) < 4.78 is 16.1. The maximum absolute atomic E-state index is 12.8. The van der Waals surface area contributed by atoms with Crippen molar-refractivity contribution in [3.63, 3.8) is 0 Å². The molecule has 0 heterocycles. The molecule has 1 fully saturated rings. The summed E-state index contributed by atoms with van der Waals surface area (Å²) in [5.74, 6) is -4.55. The fourth-order valence-corrected chi connectivity index (χ4v) is 4.33. The van der Waals surface area contributed by atoms with Gasteiger partial charge in [0.15, 0.2) is 5.78 Å². The summed E-state index contributed by atoms with van der Waals surface area (Å²) in [6, 6.07) is 5.01. The first kappa shape index (κ1) is 22.4. The molecule has 1 aromatic rings. The molecule has 0 bridgehead atoms. The minimum atomic E-state index is -1.66. The molecule has 0 aliphatic heterocycles. The smallest absolute Gasteiger partial charge is 0.317 e. The number of ketones is 1. The second-order valence-electron chi connectivity index (χ2n) is 6.88. The van der Waals surface area contributed by atoms with E-state index in [-0.39, 0.29) is 19.6 Å². The SMILES string of the molecule is CCOC(=O)[C@@H]1C(=O)C[C@](C)(O)[C@@H](C(=O)OCC)[C@H]1c1ccc(OC)c(Br)c1. The molecule has 1 aliphatic rings. The molecule has 4 atom stereocenters. The first-order chi connectivity index (χ1) is 13.2. The van der Waals surface area contributed by atoms with Crippen molar-refractivity contribution >= 4 is 33.7 Å². The van der Waals surface area contributed by atoms with Gasteiger partial charge in [0.2, 0.25) is 0 Å². The van der Waals surface area contributed by atoms with Crippen LogP contribution < -0.4 is 4.74 Å². The lowest BCUT2D eigenvalue weighted by atomic mass is 9.61. The van der Waals surface area contributed by atoms with Crippen LogP contribution in [-0.2, 0) is 23.9 Å². The van der Waals surface area contributed by atoms with Crippen molar-refractivity contribution in [1.29, 1.82) is 0 Å². The molecule has 0 amide bonds. The Kier molecular flexibility index (Phi) is 7.22. The van der Waals surface area contributed by atoms with Crippen molar-refractivity contribution in [2.24, 2.45) is 11.8 Å². The molecule has 1 saturated carbocycles. The van der Waals surface area contributed by atoms with E-state index in [0.717, 1.165) is 0 Å². The van der Waals surface area contributed by atoms with Gasteiger partial charge < -0.3 is 19.3 Å². The van der Waals surface area contributed by atoms with E-state index < -0.39 is 41.1 Å². The third-order valence-corrected chi connectivity index (χ3v) is 5.53. The highest BCUT2D eigenvalue weighted by atomic mass is 79.9. The lowest BCUT2D eigenvalue weighted by Gasteiger charge is -2.43. The van der Waals surface area contributed by atoms with Crippen molar-refractivity contribution in [2.45, 2.75) is 38.7 Å². The number of methoxy groups -OCH3 is 1. The van der Waals surface area contributed by atoms with Gasteiger partial charge >= 0.3 is 11.9 Å². The van der Waals surface area contributed by atoms with E-state index in [4.69, 9.17) is 14.2 Å². The number of rotatable bonds is 6. The highest BCUT2D eigenvalue weighted by molar-refractivity contribution is 9.10. The van der Waals surface area contributed by atoms with Crippen LogP contribution in [0.25, 0.3) is 0 Å². The minimum Gasteiger partial charge on any atom is -0.496 e. The number of hydrogen-bond donors (Lipinski definition) is 1.